The van der Waals surface area contributed by atoms with Gasteiger partial charge < -0.3 is 4.90 Å². The zero-order valence-electron chi connectivity index (χ0n) is 17.3. The highest BCUT2D eigenvalue weighted by Crippen LogP contribution is 2.28. The van der Waals surface area contributed by atoms with Crippen LogP contribution >= 0.6 is 0 Å². The molecule has 0 aromatic carbocycles. The van der Waals surface area contributed by atoms with Crippen LogP contribution in [-0.4, -0.2) is 45.4 Å². The Bertz CT molecular complexity index is 718. The summed E-state index contributed by atoms with van der Waals surface area (Å²) in [5.74, 6) is 0.791. The number of piperidine rings is 1. The molecule has 28 heavy (non-hydrogen) atoms. The van der Waals surface area contributed by atoms with E-state index in [2.05, 4.69) is 46.0 Å². The average molecular weight is 379 g/mol. The number of aryl methyl sites for hydroxylation is 1. The van der Waals surface area contributed by atoms with Crippen LogP contribution in [0.15, 0.2) is 42.7 Å². The highest BCUT2D eigenvalue weighted by atomic mass is 15.2. The molecule has 2 aromatic rings. The minimum Gasteiger partial charge on any atom is -0.300 e. The molecule has 0 unspecified atom stereocenters. The maximum Gasteiger partial charge on any atom is 0.0547 e. The van der Waals surface area contributed by atoms with Crippen molar-refractivity contribution in [2.75, 3.05) is 19.6 Å². The lowest BCUT2D eigenvalue weighted by Crippen LogP contribution is -2.42. The molecule has 4 heteroatoms. The molecule has 2 aliphatic rings. The van der Waals surface area contributed by atoms with E-state index in [0.717, 1.165) is 37.3 Å². The summed E-state index contributed by atoms with van der Waals surface area (Å²) in [6, 6.07) is 11.5. The Kier molecular flexibility index (Phi) is 6.71. The molecule has 150 valence electrons. The van der Waals surface area contributed by atoms with Gasteiger partial charge in [0.05, 0.1) is 5.69 Å². The van der Waals surface area contributed by atoms with Crippen LogP contribution in [0.25, 0.3) is 0 Å². The van der Waals surface area contributed by atoms with Gasteiger partial charge in [-0.2, -0.15) is 0 Å². The third-order valence-electron chi connectivity index (χ3n) is 6.47. The van der Waals surface area contributed by atoms with Crippen molar-refractivity contribution >= 4 is 0 Å². The largest absolute Gasteiger partial charge is 0.300 e. The molecule has 0 amide bonds. The fourth-order valence-corrected chi connectivity index (χ4v) is 4.99. The van der Waals surface area contributed by atoms with Crippen LogP contribution in [0.1, 0.15) is 55.5 Å². The zero-order valence-corrected chi connectivity index (χ0v) is 17.3. The third kappa shape index (κ3) is 5.39. The van der Waals surface area contributed by atoms with Gasteiger partial charge in [0.15, 0.2) is 0 Å². The van der Waals surface area contributed by atoms with Crippen molar-refractivity contribution in [3.63, 3.8) is 0 Å². The smallest absolute Gasteiger partial charge is 0.0547 e. The van der Waals surface area contributed by atoms with Crippen LogP contribution in [0, 0.1) is 12.8 Å². The molecule has 1 aliphatic carbocycles. The van der Waals surface area contributed by atoms with E-state index in [1.165, 1.54) is 62.9 Å². The van der Waals surface area contributed by atoms with Crippen molar-refractivity contribution < 1.29 is 0 Å². The third-order valence-corrected chi connectivity index (χ3v) is 6.47. The summed E-state index contributed by atoms with van der Waals surface area (Å²) in [6.45, 7) is 7.68. The second kappa shape index (κ2) is 9.62. The van der Waals surface area contributed by atoms with Crippen molar-refractivity contribution in [2.45, 2.75) is 64.6 Å². The first-order valence-electron chi connectivity index (χ1n) is 11.0. The quantitative estimate of drug-likeness (QED) is 0.713. The maximum absolute atomic E-state index is 4.75. The molecule has 2 aromatic heterocycles. The number of nitrogens with zero attached hydrogens (tertiary/aromatic N) is 4. The van der Waals surface area contributed by atoms with Gasteiger partial charge >= 0.3 is 0 Å². The van der Waals surface area contributed by atoms with Crippen molar-refractivity contribution in [1.29, 1.82) is 0 Å². The molecule has 1 aliphatic heterocycles. The molecule has 2 fully saturated rings. The van der Waals surface area contributed by atoms with E-state index >= 15 is 0 Å². The molecular formula is C24H34N4. The van der Waals surface area contributed by atoms with E-state index in [9.17, 15) is 0 Å². The number of aromatic nitrogens is 2. The Morgan fingerprint density at radius 3 is 2.54 bits per heavy atom. The van der Waals surface area contributed by atoms with Gasteiger partial charge in [-0.15, -0.1) is 0 Å². The van der Waals surface area contributed by atoms with Gasteiger partial charge in [-0.1, -0.05) is 25.0 Å². The van der Waals surface area contributed by atoms with Crippen molar-refractivity contribution in [1.82, 2.24) is 19.8 Å². The monoisotopic (exact) mass is 378 g/mol. The second-order valence-corrected chi connectivity index (χ2v) is 8.72. The molecule has 3 heterocycles. The Balaban J connectivity index is 1.37. The molecule has 0 spiro atoms. The van der Waals surface area contributed by atoms with Crippen LogP contribution in [0.4, 0.5) is 0 Å². The highest BCUT2D eigenvalue weighted by molar-refractivity contribution is 5.11. The predicted molar refractivity (Wildman–Crippen MR) is 114 cm³/mol. The SMILES string of the molecule is Cc1cccc(CN(Cc2cccnc2)CC2CCN(C3CCCC3)CC2)n1. The van der Waals surface area contributed by atoms with Crippen LogP contribution in [0.3, 0.4) is 0 Å². The number of pyridine rings is 2. The summed E-state index contributed by atoms with van der Waals surface area (Å²) in [4.78, 5) is 14.4. The van der Waals surface area contributed by atoms with Gasteiger partial charge in [0.2, 0.25) is 0 Å². The van der Waals surface area contributed by atoms with Crippen molar-refractivity contribution in [3.8, 4) is 0 Å². The van der Waals surface area contributed by atoms with Gasteiger partial charge in [-0.25, -0.2) is 0 Å². The average Bonchev–Trinajstić information content (AvgIpc) is 3.24. The molecule has 4 nitrogen and oxygen atoms in total. The van der Waals surface area contributed by atoms with E-state index in [0.29, 0.717) is 0 Å². The first-order chi connectivity index (χ1) is 13.8. The van der Waals surface area contributed by atoms with Crippen LogP contribution in [0.5, 0.6) is 0 Å². The molecular weight excluding hydrogens is 344 g/mol. The lowest BCUT2D eigenvalue weighted by atomic mass is 9.94. The van der Waals surface area contributed by atoms with Gasteiger partial charge in [-0.05, 0) is 75.4 Å². The topological polar surface area (TPSA) is 32.3 Å². The fraction of sp³-hybridized carbons (Fsp3) is 0.583. The Morgan fingerprint density at radius 2 is 1.82 bits per heavy atom. The van der Waals surface area contributed by atoms with E-state index in [4.69, 9.17) is 4.98 Å². The lowest BCUT2D eigenvalue weighted by Gasteiger charge is -2.37. The fourth-order valence-electron chi connectivity index (χ4n) is 4.99. The Hall–Kier alpha value is -1.78. The Labute approximate surface area is 170 Å². The summed E-state index contributed by atoms with van der Waals surface area (Å²) >= 11 is 0. The van der Waals surface area contributed by atoms with E-state index < -0.39 is 0 Å². The van der Waals surface area contributed by atoms with E-state index in [-0.39, 0.29) is 0 Å². The van der Waals surface area contributed by atoms with Gasteiger partial charge in [0.25, 0.3) is 0 Å². The van der Waals surface area contributed by atoms with E-state index in [1.54, 1.807) is 0 Å². The number of likely N-dealkylation sites (tertiary alicyclic amines) is 1. The standard InChI is InChI=1S/C24H34N4/c1-20-6-4-8-23(26-20)19-27(18-22-7-5-13-25-16-22)17-21-11-14-28(15-12-21)24-9-2-3-10-24/h4-8,13,16,21,24H,2-3,9-12,14-15,17-19H2,1H3. The van der Waals surface area contributed by atoms with Crippen LogP contribution in [0.2, 0.25) is 0 Å². The highest BCUT2D eigenvalue weighted by Gasteiger charge is 2.28. The first-order valence-corrected chi connectivity index (χ1v) is 11.0. The summed E-state index contributed by atoms with van der Waals surface area (Å²) in [6.07, 6.45) is 12.3. The minimum absolute atomic E-state index is 0.791. The normalized spacial score (nSPS) is 19.5. The summed E-state index contributed by atoms with van der Waals surface area (Å²) in [7, 11) is 0. The van der Waals surface area contributed by atoms with Crippen molar-refractivity contribution in [2.24, 2.45) is 5.92 Å². The molecule has 0 bridgehead atoms. The van der Waals surface area contributed by atoms with Gasteiger partial charge in [0, 0.05) is 43.8 Å². The second-order valence-electron chi connectivity index (χ2n) is 8.72. The summed E-state index contributed by atoms with van der Waals surface area (Å²) in [5.41, 5.74) is 3.56. The number of rotatable bonds is 7. The minimum atomic E-state index is 0.791. The Morgan fingerprint density at radius 1 is 1.00 bits per heavy atom. The summed E-state index contributed by atoms with van der Waals surface area (Å²) in [5, 5.41) is 0. The first kappa shape index (κ1) is 19.5. The van der Waals surface area contributed by atoms with Gasteiger partial charge in [-0.3, -0.25) is 14.9 Å². The number of hydrogen-bond donors (Lipinski definition) is 0. The van der Waals surface area contributed by atoms with E-state index in [1.807, 2.05) is 18.5 Å². The van der Waals surface area contributed by atoms with Crippen LogP contribution < -0.4 is 0 Å². The number of hydrogen-bond acceptors (Lipinski definition) is 4. The van der Waals surface area contributed by atoms with Crippen LogP contribution in [-0.2, 0) is 13.1 Å². The van der Waals surface area contributed by atoms with Gasteiger partial charge in [0.1, 0.15) is 0 Å². The molecule has 0 atom stereocenters. The molecule has 0 radical (unpaired) electrons. The maximum atomic E-state index is 4.75. The molecule has 1 saturated heterocycles. The predicted octanol–water partition coefficient (Wildman–Crippen LogP) is 4.44. The zero-order chi connectivity index (χ0) is 19.2. The molecule has 1 saturated carbocycles. The lowest BCUT2D eigenvalue weighted by molar-refractivity contribution is 0.106. The molecule has 4 rings (SSSR count). The molecule has 0 N–H and O–H groups in total. The van der Waals surface area contributed by atoms with Crippen molar-refractivity contribution in [3.05, 3.63) is 59.7 Å². The summed E-state index contributed by atoms with van der Waals surface area (Å²) < 4.78 is 0.